The molecule has 0 heterocycles. The fourth-order valence-electron chi connectivity index (χ4n) is 3.62. The average molecular weight is 552 g/mol. The van der Waals surface area contributed by atoms with Crippen LogP contribution in [0.25, 0.3) is 0 Å². The minimum absolute atomic E-state index is 0.00168. The first-order chi connectivity index (χ1) is 18.2. The lowest BCUT2D eigenvalue weighted by atomic mass is 10.00. The van der Waals surface area contributed by atoms with Gasteiger partial charge in [-0.1, -0.05) is 26.0 Å². The number of aliphatic hydroxyl groups excluding tert-OH is 1. The van der Waals surface area contributed by atoms with Crippen LogP contribution in [-0.2, 0) is 25.6 Å². The summed E-state index contributed by atoms with van der Waals surface area (Å²) in [5, 5.41) is 36.1. The summed E-state index contributed by atoms with van der Waals surface area (Å²) >= 11 is 0. The van der Waals surface area contributed by atoms with E-state index >= 15 is 0 Å². The van der Waals surface area contributed by atoms with Gasteiger partial charge in [0.05, 0.1) is 12.1 Å². The first-order valence-corrected chi connectivity index (χ1v) is 12.6. The summed E-state index contributed by atoms with van der Waals surface area (Å²) in [7, 11) is 0. The van der Waals surface area contributed by atoms with Crippen molar-refractivity contribution < 1.29 is 34.5 Å². The SMILES string of the molecule is CC(C)CC(NC(=O)C(N)CCCN=C(N)N)C(=O)NC(Cc1ccc(O)cc1)C(=O)NC(C(=O)O)C(C)O. The van der Waals surface area contributed by atoms with Crippen molar-refractivity contribution in [3.63, 3.8) is 0 Å². The third kappa shape index (κ3) is 12.5. The monoisotopic (exact) mass is 551 g/mol. The van der Waals surface area contributed by atoms with Crippen molar-refractivity contribution in [2.24, 2.45) is 28.1 Å². The third-order valence-corrected chi connectivity index (χ3v) is 5.70. The van der Waals surface area contributed by atoms with Gasteiger partial charge in [-0.25, -0.2) is 4.79 Å². The molecule has 39 heavy (non-hydrogen) atoms. The summed E-state index contributed by atoms with van der Waals surface area (Å²) in [5.41, 5.74) is 17.1. The van der Waals surface area contributed by atoms with Gasteiger partial charge < -0.3 is 48.5 Å². The lowest BCUT2D eigenvalue weighted by Gasteiger charge is -2.26. The number of rotatable bonds is 16. The second-order valence-corrected chi connectivity index (χ2v) is 9.74. The molecule has 1 rings (SSSR count). The van der Waals surface area contributed by atoms with Gasteiger partial charge in [0.2, 0.25) is 17.7 Å². The molecule has 0 aliphatic carbocycles. The number of carboxylic acids is 1. The number of aromatic hydroxyl groups is 1. The van der Waals surface area contributed by atoms with Gasteiger partial charge in [-0.05, 0) is 49.8 Å². The number of carboxylic acid groups (broad SMARTS) is 1. The molecule has 5 unspecified atom stereocenters. The van der Waals surface area contributed by atoms with Gasteiger partial charge in [0, 0.05) is 13.0 Å². The van der Waals surface area contributed by atoms with Crippen molar-refractivity contribution in [2.45, 2.75) is 76.7 Å². The number of hydrogen-bond donors (Lipinski definition) is 9. The molecule has 12 N–H and O–H groups in total. The molecule has 1 aromatic rings. The van der Waals surface area contributed by atoms with Gasteiger partial charge in [-0.2, -0.15) is 0 Å². The summed E-state index contributed by atoms with van der Waals surface area (Å²) < 4.78 is 0. The van der Waals surface area contributed by atoms with Crippen molar-refractivity contribution >= 4 is 29.7 Å². The number of aliphatic imine (C=N–C) groups is 1. The molecule has 0 saturated heterocycles. The van der Waals surface area contributed by atoms with E-state index < -0.39 is 54.0 Å². The largest absolute Gasteiger partial charge is 0.508 e. The van der Waals surface area contributed by atoms with E-state index in [1.54, 1.807) is 12.1 Å². The maximum absolute atomic E-state index is 13.3. The maximum atomic E-state index is 13.3. The van der Waals surface area contributed by atoms with E-state index in [0.717, 1.165) is 0 Å². The number of carbonyl (C=O) groups is 4. The zero-order valence-corrected chi connectivity index (χ0v) is 22.5. The Bertz CT molecular complexity index is 995. The first-order valence-electron chi connectivity index (χ1n) is 12.6. The average Bonchev–Trinajstić information content (AvgIpc) is 2.84. The van der Waals surface area contributed by atoms with Crippen molar-refractivity contribution in [3.8, 4) is 5.75 Å². The number of carbonyl (C=O) groups excluding carboxylic acids is 3. The normalized spacial score (nSPS) is 14.8. The Morgan fingerprint density at radius 1 is 0.923 bits per heavy atom. The van der Waals surface area contributed by atoms with Crippen molar-refractivity contribution in [1.29, 1.82) is 0 Å². The Kier molecular flexibility index (Phi) is 13.7. The number of nitrogens with one attached hydrogen (secondary N) is 3. The molecule has 14 heteroatoms. The lowest BCUT2D eigenvalue weighted by Crippen LogP contribution is -2.59. The summed E-state index contributed by atoms with van der Waals surface area (Å²) in [6.45, 7) is 5.20. The summed E-state index contributed by atoms with van der Waals surface area (Å²) in [6.07, 6.45) is -0.525. The molecule has 0 aliphatic heterocycles. The van der Waals surface area contributed by atoms with Gasteiger partial charge in [0.25, 0.3) is 0 Å². The van der Waals surface area contributed by atoms with Crippen LogP contribution < -0.4 is 33.2 Å². The van der Waals surface area contributed by atoms with Gasteiger partial charge in [-0.3, -0.25) is 19.4 Å². The highest BCUT2D eigenvalue weighted by Crippen LogP contribution is 2.13. The van der Waals surface area contributed by atoms with Crippen molar-refractivity contribution in [2.75, 3.05) is 6.54 Å². The van der Waals surface area contributed by atoms with Crippen LogP contribution in [0.2, 0.25) is 0 Å². The van der Waals surface area contributed by atoms with Crippen molar-refractivity contribution in [3.05, 3.63) is 29.8 Å². The highest BCUT2D eigenvalue weighted by molar-refractivity contribution is 5.94. The van der Waals surface area contributed by atoms with Crippen LogP contribution >= 0.6 is 0 Å². The van der Waals surface area contributed by atoms with Crippen molar-refractivity contribution in [1.82, 2.24) is 16.0 Å². The minimum Gasteiger partial charge on any atom is -0.508 e. The fourth-order valence-corrected chi connectivity index (χ4v) is 3.62. The predicted molar refractivity (Wildman–Crippen MR) is 144 cm³/mol. The van der Waals surface area contributed by atoms with Crippen LogP contribution in [0, 0.1) is 5.92 Å². The second kappa shape index (κ2) is 16.1. The summed E-state index contributed by atoms with van der Waals surface area (Å²) in [6, 6.07) is 1.04. The molecule has 1 aromatic carbocycles. The number of amides is 3. The van der Waals surface area contributed by atoms with Crippen LogP contribution in [0.1, 0.15) is 45.6 Å². The molecule has 14 nitrogen and oxygen atoms in total. The molecule has 5 atom stereocenters. The number of nitrogens with zero attached hydrogens (tertiary/aromatic N) is 1. The number of aliphatic carboxylic acids is 1. The van der Waals surface area contributed by atoms with E-state index in [-0.39, 0.29) is 43.4 Å². The number of guanidine groups is 1. The van der Waals surface area contributed by atoms with E-state index in [2.05, 4.69) is 20.9 Å². The summed E-state index contributed by atoms with van der Waals surface area (Å²) in [4.78, 5) is 54.4. The van der Waals surface area contributed by atoms with Gasteiger partial charge in [0.1, 0.15) is 17.8 Å². The fraction of sp³-hybridized carbons (Fsp3) is 0.560. The molecule has 0 fully saturated rings. The number of nitrogens with two attached hydrogens (primary N) is 3. The molecule has 0 aliphatic rings. The standard InChI is InChI=1S/C25H41N7O7/c1-13(2)11-18(30-21(35)17(26)5-4-10-29-25(27)28)22(36)31-19(12-15-6-8-16(34)9-7-15)23(37)32-20(14(3)33)24(38)39/h6-9,13-14,17-20,33-34H,4-5,10-12,26H2,1-3H3,(H,30,35)(H,31,36)(H,32,37)(H,38,39)(H4,27,28,29). The molecule has 218 valence electrons. The molecule has 0 aromatic heterocycles. The smallest absolute Gasteiger partial charge is 0.328 e. The first kappa shape index (κ1) is 33.1. The quantitative estimate of drug-likeness (QED) is 0.0638. The highest BCUT2D eigenvalue weighted by Gasteiger charge is 2.32. The van der Waals surface area contributed by atoms with Crippen LogP contribution in [0.15, 0.2) is 29.3 Å². The number of hydrogen-bond acceptors (Lipinski definition) is 8. The Hall–Kier alpha value is -3.91. The topological polar surface area (TPSA) is 255 Å². The zero-order valence-electron chi connectivity index (χ0n) is 22.5. The number of phenols is 1. The highest BCUT2D eigenvalue weighted by atomic mass is 16.4. The van der Waals surface area contributed by atoms with E-state index in [1.807, 2.05) is 13.8 Å². The van der Waals surface area contributed by atoms with E-state index in [9.17, 15) is 34.5 Å². The zero-order chi connectivity index (χ0) is 29.7. The Morgan fingerprint density at radius 3 is 2.00 bits per heavy atom. The third-order valence-electron chi connectivity index (χ3n) is 5.70. The molecule has 0 bridgehead atoms. The minimum atomic E-state index is -1.61. The Balaban J connectivity index is 3.07. The Morgan fingerprint density at radius 2 is 1.49 bits per heavy atom. The predicted octanol–water partition coefficient (Wildman–Crippen LogP) is -1.72. The molecule has 3 amide bonds. The summed E-state index contributed by atoms with van der Waals surface area (Å²) in [5.74, 6) is -3.64. The van der Waals surface area contributed by atoms with Crippen LogP contribution in [-0.4, -0.2) is 81.8 Å². The van der Waals surface area contributed by atoms with E-state index in [4.69, 9.17) is 17.2 Å². The van der Waals surface area contributed by atoms with Crippen LogP contribution in [0.4, 0.5) is 0 Å². The number of benzene rings is 1. The molecular formula is C25H41N7O7. The van der Waals surface area contributed by atoms with Gasteiger partial charge in [0.15, 0.2) is 12.0 Å². The second-order valence-electron chi connectivity index (χ2n) is 9.74. The number of aliphatic hydroxyl groups is 1. The van der Waals surface area contributed by atoms with Gasteiger partial charge in [-0.15, -0.1) is 0 Å². The lowest BCUT2D eigenvalue weighted by molar-refractivity contribution is -0.145. The van der Waals surface area contributed by atoms with Crippen LogP contribution in [0.3, 0.4) is 0 Å². The van der Waals surface area contributed by atoms with Gasteiger partial charge >= 0.3 is 5.97 Å². The Labute approximate surface area is 227 Å². The number of phenolic OH excluding ortho intramolecular Hbond substituents is 1. The van der Waals surface area contributed by atoms with E-state index in [1.165, 1.54) is 19.1 Å². The molecular weight excluding hydrogens is 510 g/mol. The van der Waals surface area contributed by atoms with E-state index in [0.29, 0.717) is 12.0 Å². The maximum Gasteiger partial charge on any atom is 0.328 e. The molecule has 0 spiro atoms. The molecule has 0 radical (unpaired) electrons. The van der Waals surface area contributed by atoms with Crippen LogP contribution in [0.5, 0.6) is 5.75 Å². The molecule has 0 saturated carbocycles.